The number of H-pyrrole nitrogens is 1. The first kappa shape index (κ1) is 13.6. The van der Waals surface area contributed by atoms with Crippen LogP contribution in [0.5, 0.6) is 0 Å². The first-order valence-electron chi connectivity index (χ1n) is 4.86. The van der Waals surface area contributed by atoms with Crippen molar-refractivity contribution in [3.8, 4) is 6.19 Å². The van der Waals surface area contributed by atoms with Gasteiger partial charge in [0.25, 0.3) is 0 Å². The van der Waals surface area contributed by atoms with Crippen LogP contribution in [0.3, 0.4) is 0 Å². The maximum absolute atomic E-state index is 10.9. The number of guanidine groups is 1. The third-order valence-corrected chi connectivity index (χ3v) is 3.49. The number of thioether (sulfide) groups is 1. The van der Waals surface area contributed by atoms with Crippen LogP contribution in [-0.2, 0) is 5.75 Å². The van der Waals surface area contributed by atoms with E-state index in [-0.39, 0.29) is 4.87 Å². The van der Waals surface area contributed by atoms with Crippen molar-refractivity contribution >= 4 is 29.1 Å². The molecule has 1 rings (SSSR count). The first-order valence-corrected chi connectivity index (χ1v) is 6.90. The highest BCUT2D eigenvalue weighted by molar-refractivity contribution is 7.98. The van der Waals surface area contributed by atoms with Crippen molar-refractivity contribution in [2.24, 2.45) is 4.99 Å². The van der Waals surface area contributed by atoms with Gasteiger partial charge in [-0.1, -0.05) is 11.3 Å². The number of thiazole rings is 1. The van der Waals surface area contributed by atoms with Gasteiger partial charge >= 0.3 is 4.87 Å². The molecular formula is C9H13N5OS2. The van der Waals surface area contributed by atoms with Crippen LogP contribution in [0.25, 0.3) is 0 Å². The molecule has 3 N–H and O–H groups in total. The van der Waals surface area contributed by atoms with Gasteiger partial charge in [0.1, 0.15) is 0 Å². The summed E-state index contributed by atoms with van der Waals surface area (Å²) >= 11 is 2.88. The topological polar surface area (TPSA) is 93.1 Å². The van der Waals surface area contributed by atoms with Gasteiger partial charge in [-0.3, -0.25) is 15.1 Å². The van der Waals surface area contributed by atoms with E-state index in [4.69, 9.17) is 5.26 Å². The maximum Gasteiger partial charge on any atom is 0.304 e. The molecule has 0 fully saturated rings. The minimum Gasteiger partial charge on any atom is -0.355 e. The van der Waals surface area contributed by atoms with E-state index >= 15 is 0 Å². The summed E-state index contributed by atoms with van der Waals surface area (Å²) in [5.74, 6) is 2.12. The molecule has 0 unspecified atom stereocenters. The minimum atomic E-state index is -0.0163. The van der Waals surface area contributed by atoms with E-state index in [0.717, 1.165) is 17.2 Å². The van der Waals surface area contributed by atoms with E-state index in [1.807, 2.05) is 5.38 Å². The van der Waals surface area contributed by atoms with Crippen LogP contribution in [0.2, 0.25) is 0 Å². The summed E-state index contributed by atoms with van der Waals surface area (Å²) in [7, 11) is 1.61. The van der Waals surface area contributed by atoms with Gasteiger partial charge in [0.05, 0.1) is 0 Å². The molecule has 0 saturated carbocycles. The summed E-state index contributed by atoms with van der Waals surface area (Å²) in [4.78, 5) is 17.5. The van der Waals surface area contributed by atoms with Gasteiger partial charge in [0.15, 0.2) is 6.19 Å². The third-order valence-electron chi connectivity index (χ3n) is 1.77. The number of hydrogen-bond donors (Lipinski definition) is 3. The molecule has 0 spiro atoms. The molecule has 17 heavy (non-hydrogen) atoms. The van der Waals surface area contributed by atoms with Crippen LogP contribution in [0.15, 0.2) is 15.2 Å². The molecule has 0 bridgehead atoms. The predicted octanol–water partition coefficient (Wildman–Crippen LogP) is 0.316. The Kier molecular flexibility index (Phi) is 6.21. The molecular weight excluding hydrogens is 258 g/mol. The lowest BCUT2D eigenvalue weighted by Crippen LogP contribution is -2.35. The van der Waals surface area contributed by atoms with E-state index in [2.05, 4.69) is 20.6 Å². The van der Waals surface area contributed by atoms with Gasteiger partial charge in [-0.2, -0.15) is 17.0 Å². The minimum absolute atomic E-state index is 0.0163. The van der Waals surface area contributed by atoms with Gasteiger partial charge < -0.3 is 10.3 Å². The lowest BCUT2D eigenvalue weighted by atomic mass is 10.6. The number of aliphatic imine (C=N–C) groups is 1. The van der Waals surface area contributed by atoms with Gasteiger partial charge in [-0.25, -0.2) is 0 Å². The Labute approximate surface area is 107 Å². The largest absolute Gasteiger partial charge is 0.355 e. The number of aromatic nitrogens is 1. The lowest BCUT2D eigenvalue weighted by Gasteiger charge is -2.05. The summed E-state index contributed by atoms with van der Waals surface area (Å²) in [6.07, 6.45) is 1.80. The second-order valence-corrected chi connectivity index (χ2v) is 4.91. The van der Waals surface area contributed by atoms with Crippen molar-refractivity contribution in [3.05, 3.63) is 20.7 Å². The maximum atomic E-state index is 10.9. The average Bonchev–Trinajstić information content (AvgIpc) is 2.73. The Hall–Kier alpha value is -1.46. The van der Waals surface area contributed by atoms with Gasteiger partial charge in [0, 0.05) is 36.2 Å². The summed E-state index contributed by atoms with van der Waals surface area (Å²) in [6.45, 7) is 0.709. The van der Waals surface area contributed by atoms with Crippen LogP contribution in [0.1, 0.15) is 5.69 Å². The van der Waals surface area contributed by atoms with Crippen molar-refractivity contribution in [2.75, 3.05) is 19.3 Å². The lowest BCUT2D eigenvalue weighted by molar-refractivity contribution is 0.930. The number of aromatic amines is 1. The smallest absolute Gasteiger partial charge is 0.304 e. The Morgan fingerprint density at radius 2 is 2.59 bits per heavy atom. The monoisotopic (exact) mass is 271 g/mol. The Morgan fingerprint density at radius 1 is 1.76 bits per heavy atom. The van der Waals surface area contributed by atoms with Gasteiger partial charge in [-0.05, 0) is 0 Å². The Morgan fingerprint density at radius 3 is 3.18 bits per heavy atom. The highest BCUT2D eigenvalue weighted by atomic mass is 32.2. The molecule has 0 aliphatic carbocycles. The zero-order chi connectivity index (χ0) is 12.5. The number of hydrogen-bond acceptors (Lipinski definition) is 5. The van der Waals surface area contributed by atoms with Crippen LogP contribution < -0.4 is 15.5 Å². The van der Waals surface area contributed by atoms with E-state index in [1.54, 1.807) is 25.0 Å². The van der Waals surface area contributed by atoms with Crippen molar-refractivity contribution in [1.29, 1.82) is 5.26 Å². The molecule has 1 heterocycles. The molecule has 1 aromatic rings. The fourth-order valence-electron chi connectivity index (χ4n) is 1.04. The fourth-order valence-corrected chi connectivity index (χ4v) is 2.49. The SMILES string of the molecule is CN=C(NC#N)NCCSCc1csc(=O)[nH]1. The van der Waals surface area contributed by atoms with Crippen molar-refractivity contribution < 1.29 is 0 Å². The molecule has 0 atom stereocenters. The quantitative estimate of drug-likeness (QED) is 0.236. The van der Waals surface area contributed by atoms with Crippen molar-refractivity contribution in [3.63, 3.8) is 0 Å². The highest BCUT2D eigenvalue weighted by Crippen LogP contribution is 2.08. The molecule has 6 nitrogen and oxygen atoms in total. The molecule has 0 saturated heterocycles. The Bertz CT molecular complexity index is 458. The van der Waals surface area contributed by atoms with Crippen LogP contribution >= 0.6 is 23.1 Å². The van der Waals surface area contributed by atoms with Crippen molar-refractivity contribution in [1.82, 2.24) is 15.6 Å². The average molecular weight is 271 g/mol. The second kappa shape index (κ2) is 7.76. The highest BCUT2D eigenvalue weighted by Gasteiger charge is 1.98. The number of nitriles is 1. The zero-order valence-electron chi connectivity index (χ0n) is 9.32. The van der Waals surface area contributed by atoms with Crippen LogP contribution in [0.4, 0.5) is 0 Å². The molecule has 1 aromatic heterocycles. The standard InChI is InChI=1S/C9H13N5OS2/c1-11-8(13-6-10)12-2-3-16-4-7-5-17-9(15)14-7/h5H,2-4H2,1H3,(H,14,15)(H2,11,12,13). The third kappa shape index (κ3) is 5.42. The molecule has 0 aliphatic rings. The zero-order valence-corrected chi connectivity index (χ0v) is 11.0. The van der Waals surface area contributed by atoms with Crippen LogP contribution in [-0.4, -0.2) is 30.3 Å². The summed E-state index contributed by atoms with van der Waals surface area (Å²) in [5, 5.41) is 15.7. The Balaban J connectivity index is 2.13. The van der Waals surface area contributed by atoms with E-state index in [1.165, 1.54) is 11.3 Å². The van der Waals surface area contributed by atoms with Crippen molar-refractivity contribution in [2.45, 2.75) is 5.75 Å². The van der Waals surface area contributed by atoms with Crippen LogP contribution in [0, 0.1) is 11.5 Å². The predicted molar refractivity (Wildman–Crippen MR) is 71.2 cm³/mol. The summed E-state index contributed by atoms with van der Waals surface area (Å²) in [5.41, 5.74) is 0.949. The van der Waals surface area contributed by atoms with E-state index in [9.17, 15) is 4.79 Å². The molecule has 0 radical (unpaired) electrons. The fraction of sp³-hybridized carbons (Fsp3) is 0.444. The van der Waals surface area contributed by atoms with E-state index in [0.29, 0.717) is 12.5 Å². The molecule has 0 aliphatic heterocycles. The molecule has 0 aromatic carbocycles. The summed E-state index contributed by atoms with van der Waals surface area (Å²) in [6, 6.07) is 0. The number of nitrogens with zero attached hydrogens (tertiary/aromatic N) is 2. The second-order valence-electron chi connectivity index (χ2n) is 2.96. The first-order chi connectivity index (χ1) is 8.26. The summed E-state index contributed by atoms with van der Waals surface area (Å²) < 4.78 is 0. The normalized spacial score (nSPS) is 10.9. The molecule has 8 heteroatoms. The molecule has 0 amide bonds. The number of rotatable bonds is 5. The molecule has 92 valence electrons. The number of nitrogens with one attached hydrogen (secondary N) is 3. The van der Waals surface area contributed by atoms with Gasteiger partial charge in [0.2, 0.25) is 5.96 Å². The van der Waals surface area contributed by atoms with E-state index < -0.39 is 0 Å². The van der Waals surface area contributed by atoms with Gasteiger partial charge in [-0.15, -0.1) is 0 Å².